The van der Waals surface area contributed by atoms with Gasteiger partial charge in [0, 0.05) is 18.7 Å². The van der Waals surface area contributed by atoms with Gasteiger partial charge in [0.1, 0.15) is 6.73 Å². The Morgan fingerprint density at radius 2 is 2.09 bits per heavy atom. The van der Waals surface area contributed by atoms with Gasteiger partial charge in [-0.05, 0) is 31.2 Å². The lowest BCUT2D eigenvalue weighted by Crippen LogP contribution is -2.22. The molecule has 118 valence electrons. The highest BCUT2D eigenvalue weighted by Crippen LogP contribution is 2.25. The Bertz CT molecular complexity index is 946. The van der Waals surface area contributed by atoms with Crippen molar-refractivity contribution < 1.29 is 14.3 Å². The van der Waals surface area contributed by atoms with E-state index in [-0.39, 0.29) is 18.9 Å². The summed E-state index contributed by atoms with van der Waals surface area (Å²) in [4.78, 5) is 29.3. The number of esters is 1. The third kappa shape index (κ3) is 2.47. The van der Waals surface area contributed by atoms with E-state index in [1.54, 1.807) is 43.5 Å². The number of fused-ring (bicyclic) bond motifs is 3. The second-order valence-electron chi connectivity index (χ2n) is 4.97. The van der Waals surface area contributed by atoms with Crippen molar-refractivity contribution in [3.05, 3.63) is 52.4 Å². The van der Waals surface area contributed by atoms with E-state index >= 15 is 0 Å². The predicted molar refractivity (Wildman–Crippen MR) is 86.5 cm³/mol. The molecule has 0 saturated carbocycles. The van der Waals surface area contributed by atoms with Crippen LogP contribution in [-0.4, -0.2) is 29.2 Å². The van der Waals surface area contributed by atoms with E-state index in [2.05, 4.69) is 4.98 Å². The zero-order valence-corrected chi connectivity index (χ0v) is 12.9. The lowest BCUT2D eigenvalue weighted by atomic mass is 10.0. The fourth-order valence-electron chi connectivity index (χ4n) is 2.68. The van der Waals surface area contributed by atoms with E-state index in [9.17, 15) is 9.59 Å². The molecule has 0 fully saturated rings. The first kappa shape index (κ1) is 15.2. The van der Waals surface area contributed by atoms with Gasteiger partial charge in [0.15, 0.2) is 0 Å². The monoisotopic (exact) mass is 312 g/mol. The first-order chi connectivity index (χ1) is 11.2. The van der Waals surface area contributed by atoms with Crippen molar-refractivity contribution in [2.24, 2.45) is 0 Å². The highest BCUT2D eigenvalue weighted by atomic mass is 16.5. The molecule has 0 aliphatic rings. The number of pyridine rings is 2. The number of rotatable bonds is 4. The molecule has 0 amide bonds. The molecule has 0 bridgehead atoms. The second kappa shape index (κ2) is 6.18. The highest BCUT2D eigenvalue weighted by Gasteiger charge is 2.18. The molecular formula is C17H16N2O4. The van der Waals surface area contributed by atoms with Gasteiger partial charge in [0.25, 0.3) is 5.56 Å². The van der Waals surface area contributed by atoms with Gasteiger partial charge >= 0.3 is 5.97 Å². The van der Waals surface area contributed by atoms with Crippen LogP contribution in [0.2, 0.25) is 0 Å². The largest absolute Gasteiger partial charge is 0.462 e. The molecule has 0 unspecified atom stereocenters. The van der Waals surface area contributed by atoms with Crippen molar-refractivity contribution in [2.75, 3.05) is 13.7 Å². The van der Waals surface area contributed by atoms with Gasteiger partial charge in [0.2, 0.25) is 0 Å². The number of hydrogen-bond donors (Lipinski definition) is 0. The Kier molecular flexibility index (Phi) is 4.08. The zero-order valence-electron chi connectivity index (χ0n) is 12.9. The summed E-state index contributed by atoms with van der Waals surface area (Å²) in [5, 5.41) is 1.03. The molecule has 0 radical (unpaired) electrons. The quantitative estimate of drug-likeness (QED) is 0.546. The molecule has 6 heteroatoms. The van der Waals surface area contributed by atoms with Crippen molar-refractivity contribution in [1.82, 2.24) is 9.55 Å². The maximum Gasteiger partial charge on any atom is 0.338 e. The number of hydrogen-bond acceptors (Lipinski definition) is 5. The van der Waals surface area contributed by atoms with Crippen LogP contribution in [0, 0.1) is 0 Å². The van der Waals surface area contributed by atoms with Crippen LogP contribution in [-0.2, 0) is 16.2 Å². The second-order valence-corrected chi connectivity index (χ2v) is 4.97. The summed E-state index contributed by atoms with van der Waals surface area (Å²) in [6, 6.07) is 8.55. The summed E-state index contributed by atoms with van der Waals surface area (Å²) < 4.78 is 11.8. The van der Waals surface area contributed by atoms with Crippen LogP contribution in [0.3, 0.4) is 0 Å². The van der Waals surface area contributed by atoms with Crippen molar-refractivity contribution >= 4 is 27.8 Å². The molecule has 6 nitrogen and oxygen atoms in total. The lowest BCUT2D eigenvalue weighted by molar-refractivity contribution is 0.0528. The van der Waals surface area contributed by atoms with Gasteiger partial charge in [0.05, 0.1) is 28.6 Å². The molecule has 0 saturated heterocycles. The molecule has 0 aliphatic carbocycles. The van der Waals surface area contributed by atoms with Gasteiger partial charge in [-0.3, -0.25) is 14.3 Å². The summed E-state index contributed by atoms with van der Waals surface area (Å²) in [6.07, 6.45) is 1.60. The zero-order chi connectivity index (χ0) is 16.4. The third-order valence-corrected chi connectivity index (χ3v) is 3.61. The molecule has 23 heavy (non-hydrogen) atoms. The van der Waals surface area contributed by atoms with Crippen LogP contribution in [0.1, 0.15) is 17.3 Å². The SMILES string of the molecule is CCOC(=O)c1cccc2c1c1ncccc1c(=O)n2COC. The fourth-order valence-corrected chi connectivity index (χ4v) is 2.68. The fraction of sp³-hybridized carbons (Fsp3) is 0.235. The molecule has 0 atom stereocenters. The minimum Gasteiger partial charge on any atom is -0.462 e. The van der Waals surface area contributed by atoms with E-state index in [0.717, 1.165) is 0 Å². The van der Waals surface area contributed by atoms with Gasteiger partial charge < -0.3 is 9.47 Å². The van der Waals surface area contributed by atoms with E-state index in [1.807, 2.05) is 0 Å². The van der Waals surface area contributed by atoms with Gasteiger partial charge in [-0.2, -0.15) is 0 Å². The Morgan fingerprint density at radius 3 is 2.83 bits per heavy atom. The van der Waals surface area contributed by atoms with Crippen molar-refractivity contribution in [1.29, 1.82) is 0 Å². The van der Waals surface area contributed by atoms with Crippen molar-refractivity contribution in [3.8, 4) is 0 Å². The Balaban J connectivity index is 2.50. The molecule has 3 aromatic rings. The van der Waals surface area contributed by atoms with Crippen molar-refractivity contribution in [3.63, 3.8) is 0 Å². The predicted octanol–water partition coefficient (Wildman–Crippen LogP) is 2.33. The van der Waals surface area contributed by atoms with E-state index < -0.39 is 5.97 Å². The Labute approximate surface area is 132 Å². The standard InChI is InChI=1S/C17H16N2O4/c1-3-23-17(21)11-6-4-8-13-14(11)15-12(7-5-9-18-15)16(20)19(13)10-22-2/h4-9H,3,10H2,1-2H3. The number of nitrogens with zero attached hydrogens (tertiary/aromatic N) is 2. The van der Waals surface area contributed by atoms with Gasteiger partial charge in [-0.25, -0.2) is 4.79 Å². The van der Waals surface area contributed by atoms with Crippen LogP contribution in [0.15, 0.2) is 41.3 Å². The van der Waals surface area contributed by atoms with Crippen LogP contribution in [0.25, 0.3) is 21.8 Å². The molecule has 1 aromatic carbocycles. The number of carbonyl (C=O) groups is 1. The van der Waals surface area contributed by atoms with E-state index in [4.69, 9.17) is 9.47 Å². The minimum atomic E-state index is -0.437. The summed E-state index contributed by atoms with van der Waals surface area (Å²) in [6.45, 7) is 2.12. The summed E-state index contributed by atoms with van der Waals surface area (Å²) in [7, 11) is 1.51. The maximum atomic E-state index is 12.7. The third-order valence-electron chi connectivity index (χ3n) is 3.61. The number of methoxy groups -OCH3 is 1. The van der Waals surface area contributed by atoms with E-state index in [1.165, 1.54) is 11.7 Å². The molecule has 2 heterocycles. The summed E-state index contributed by atoms with van der Waals surface area (Å²) >= 11 is 0. The average molecular weight is 312 g/mol. The minimum absolute atomic E-state index is 0.0897. The summed E-state index contributed by atoms with van der Waals surface area (Å²) in [5.74, 6) is -0.437. The number of carbonyl (C=O) groups excluding carboxylic acids is 1. The first-order valence-electron chi connectivity index (χ1n) is 7.25. The topological polar surface area (TPSA) is 70.4 Å². The lowest BCUT2D eigenvalue weighted by Gasteiger charge is -2.14. The number of benzene rings is 1. The molecule has 0 spiro atoms. The molecule has 0 N–H and O–H groups in total. The van der Waals surface area contributed by atoms with Crippen molar-refractivity contribution in [2.45, 2.75) is 13.7 Å². The molecule has 0 aliphatic heterocycles. The van der Waals surface area contributed by atoms with E-state index in [0.29, 0.717) is 27.4 Å². The highest BCUT2D eigenvalue weighted by molar-refractivity contribution is 6.13. The molecule has 2 aromatic heterocycles. The number of ether oxygens (including phenoxy) is 2. The average Bonchev–Trinajstić information content (AvgIpc) is 2.58. The van der Waals surface area contributed by atoms with Crippen LogP contribution < -0.4 is 5.56 Å². The van der Waals surface area contributed by atoms with Gasteiger partial charge in [-0.1, -0.05) is 6.07 Å². The normalized spacial score (nSPS) is 11.0. The molecule has 3 rings (SSSR count). The smallest absolute Gasteiger partial charge is 0.338 e. The van der Waals surface area contributed by atoms with Crippen LogP contribution >= 0.6 is 0 Å². The number of aromatic nitrogens is 2. The summed E-state index contributed by atoms with van der Waals surface area (Å²) in [5.41, 5.74) is 1.26. The first-order valence-corrected chi connectivity index (χ1v) is 7.25. The Hall–Kier alpha value is -2.73. The maximum absolute atomic E-state index is 12.7. The van der Waals surface area contributed by atoms with Gasteiger partial charge in [-0.15, -0.1) is 0 Å². The van der Waals surface area contributed by atoms with Crippen LogP contribution in [0.5, 0.6) is 0 Å². The Morgan fingerprint density at radius 1 is 1.26 bits per heavy atom. The molecular weight excluding hydrogens is 296 g/mol. The van der Waals surface area contributed by atoms with Crippen LogP contribution in [0.4, 0.5) is 0 Å².